The van der Waals surface area contributed by atoms with E-state index in [2.05, 4.69) is 50.4 Å². The van der Waals surface area contributed by atoms with Crippen LogP contribution >= 0.6 is 15.9 Å². The van der Waals surface area contributed by atoms with E-state index in [9.17, 15) is 10.1 Å². The predicted molar refractivity (Wildman–Crippen MR) is 99.2 cm³/mol. The molecule has 0 saturated carbocycles. The van der Waals surface area contributed by atoms with E-state index in [1.807, 2.05) is 12.1 Å². The van der Waals surface area contributed by atoms with Gasteiger partial charge in [-0.15, -0.1) is 0 Å². The minimum atomic E-state index is -0.336. The average Bonchev–Trinajstić information content (AvgIpc) is 2.59. The van der Waals surface area contributed by atoms with E-state index in [-0.39, 0.29) is 16.7 Å². The summed E-state index contributed by atoms with van der Waals surface area (Å²) in [5, 5.41) is 14.6. The molecule has 3 rings (SSSR count). The van der Waals surface area contributed by atoms with Gasteiger partial charge in [-0.2, -0.15) is 0 Å². The monoisotopic (exact) mass is 389 g/mol. The fourth-order valence-electron chi connectivity index (χ4n) is 3.07. The van der Waals surface area contributed by atoms with Crippen molar-refractivity contribution in [2.75, 3.05) is 18.4 Å². The molecular weight excluding hydrogens is 370 g/mol. The number of nitro groups is 1. The van der Waals surface area contributed by atoms with Crippen molar-refractivity contribution in [2.24, 2.45) is 0 Å². The van der Waals surface area contributed by atoms with Gasteiger partial charge in [0.05, 0.1) is 4.92 Å². The summed E-state index contributed by atoms with van der Waals surface area (Å²) in [6, 6.07) is 15.9. The Kier molecular flexibility index (Phi) is 5.48. The van der Waals surface area contributed by atoms with Crippen LogP contribution in [0.3, 0.4) is 0 Å². The van der Waals surface area contributed by atoms with E-state index in [1.54, 1.807) is 12.1 Å². The van der Waals surface area contributed by atoms with Crippen molar-refractivity contribution < 1.29 is 4.92 Å². The maximum absolute atomic E-state index is 11.2. The Balaban J connectivity index is 1.57. The molecule has 0 radical (unpaired) electrons. The van der Waals surface area contributed by atoms with Crippen molar-refractivity contribution in [1.29, 1.82) is 0 Å². The van der Waals surface area contributed by atoms with Crippen LogP contribution in [0.4, 0.5) is 11.4 Å². The van der Waals surface area contributed by atoms with Gasteiger partial charge in [-0.3, -0.25) is 15.0 Å². The van der Waals surface area contributed by atoms with Crippen molar-refractivity contribution in [1.82, 2.24) is 4.90 Å². The van der Waals surface area contributed by atoms with Crippen LogP contribution in [-0.2, 0) is 6.54 Å². The summed E-state index contributed by atoms with van der Waals surface area (Å²) < 4.78 is 0.720. The zero-order chi connectivity index (χ0) is 16.9. The SMILES string of the molecule is O=[N+]([O-])c1cc(Br)ccc1NC1CCN(Cc2ccccc2)CC1. The first-order valence-corrected chi connectivity index (χ1v) is 8.88. The molecule has 1 heterocycles. The number of anilines is 1. The molecule has 1 saturated heterocycles. The zero-order valence-corrected chi connectivity index (χ0v) is 14.9. The van der Waals surface area contributed by atoms with Gasteiger partial charge >= 0.3 is 0 Å². The Labute approximate surface area is 150 Å². The van der Waals surface area contributed by atoms with Crippen LogP contribution in [-0.4, -0.2) is 29.0 Å². The van der Waals surface area contributed by atoms with Crippen LogP contribution in [0, 0.1) is 10.1 Å². The number of rotatable bonds is 5. The lowest BCUT2D eigenvalue weighted by molar-refractivity contribution is -0.384. The topological polar surface area (TPSA) is 58.4 Å². The Bertz CT molecular complexity index is 701. The minimum absolute atomic E-state index is 0.121. The van der Waals surface area contributed by atoms with Crippen LogP contribution < -0.4 is 5.32 Å². The molecule has 0 aromatic heterocycles. The fourth-order valence-corrected chi connectivity index (χ4v) is 3.42. The molecule has 1 fully saturated rings. The molecule has 0 bridgehead atoms. The van der Waals surface area contributed by atoms with Gasteiger partial charge < -0.3 is 5.32 Å². The molecule has 5 nitrogen and oxygen atoms in total. The number of likely N-dealkylation sites (tertiary alicyclic amines) is 1. The van der Waals surface area contributed by atoms with Crippen molar-refractivity contribution in [3.63, 3.8) is 0 Å². The number of piperidine rings is 1. The number of benzene rings is 2. The van der Waals surface area contributed by atoms with E-state index < -0.39 is 0 Å². The van der Waals surface area contributed by atoms with Gasteiger partial charge in [-0.25, -0.2) is 0 Å². The van der Waals surface area contributed by atoms with E-state index in [1.165, 1.54) is 5.56 Å². The summed E-state index contributed by atoms with van der Waals surface area (Å²) in [4.78, 5) is 13.3. The molecule has 6 heteroatoms. The summed E-state index contributed by atoms with van der Waals surface area (Å²) in [6.07, 6.45) is 1.97. The lowest BCUT2D eigenvalue weighted by atomic mass is 10.0. The first-order chi connectivity index (χ1) is 11.6. The van der Waals surface area contributed by atoms with Gasteiger partial charge in [-0.05, 0) is 30.5 Å². The molecule has 0 spiro atoms. The van der Waals surface area contributed by atoms with Crippen molar-refractivity contribution in [3.05, 3.63) is 68.7 Å². The maximum atomic E-state index is 11.2. The first kappa shape index (κ1) is 16.9. The highest BCUT2D eigenvalue weighted by Crippen LogP contribution is 2.30. The minimum Gasteiger partial charge on any atom is -0.377 e. The fraction of sp³-hybridized carbons (Fsp3) is 0.333. The second-order valence-corrected chi connectivity index (χ2v) is 7.01. The third-order valence-corrected chi connectivity index (χ3v) is 4.85. The summed E-state index contributed by atoms with van der Waals surface area (Å²) in [6.45, 7) is 2.96. The number of halogens is 1. The van der Waals surface area contributed by atoms with Gasteiger partial charge in [0.25, 0.3) is 5.69 Å². The second-order valence-electron chi connectivity index (χ2n) is 6.10. The third-order valence-electron chi connectivity index (χ3n) is 4.35. The van der Waals surface area contributed by atoms with Crippen LogP contribution in [0.15, 0.2) is 53.0 Å². The Morgan fingerprint density at radius 1 is 1.17 bits per heavy atom. The maximum Gasteiger partial charge on any atom is 0.293 e. The molecule has 0 atom stereocenters. The predicted octanol–water partition coefficient (Wildman–Crippen LogP) is 4.43. The highest BCUT2D eigenvalue weighted by molar-refractivity contribution is 9.10. The molecule has 1 aliphatic heterocycles. The smallest absolute Gasteiger partial charge is 0.293 e. The summed E-state index contributed by atoms with van der Waals surface area (Å²) in [5.74, 6) is 0. The Morgan fingerprint density at radius 3 is 2.54 bits per heavy atom. The zero-order valence-electron chi connectivity index (χ0n) is 13.3. The molecular formula is C18H20BrN3O2. The summed E-state index contributed by atoms with van der Waals surface area (Å²) in [7, 11) is 0. The lowest BCUT2D eigenvalue weighted by Crippen LogP contribution is -2.38. The van der Waals surface area contributed by atoms with Gasteiger partial charge in [0.1, 0.15) is 5.69 Å². The standard InChI is InChI=1S/C18H20BrN3O2/c19-15-6-7-17(18(12-15)22(23)24)20-16-8-10-21(11-9-16)13-14-4-2-1-3-5-14/h1-7,12,16,20H,8-11,13H2. The molecule has 0 amide bonds. The number of nitrogens with zero attached hydrogens (tertiary/aromatic N) is 2. The highest BCUT2D eigenvalue weighted by Gasteiger charge is 2.22. The summed E-state index contributed by atoms with van der Waals surface area (Å²) >= 11 is 3.29. The normalized spacial score (nSPS) is 16.0. The van der Waals surface area contributed by atoms with Crippen molar-refractivity contribution in [2.45, 2.75) is 25.4 Å². The van der Waals surface area contributed by atoms with Gasteiger partial charge in [-0.1, -0.05) is 46.3 Å². The van der Waals surface area contributed by atoms with Gasteiger partial charge in [0.15, 0.2) is 0 Å². The van der Waals surface area contributed by atoms with E-state index in [4.69, 9.17) is 0 Å². The Morgan fingerprint density at radius 2 is 1.88 bits per heavy atom. The molecule has 126 valence electrons. The van der Waals surface area contributed by atoms with Gasteiger partial charge in [0, 0.05) is 36.2 Å². The number of hydrogen-bond acceptors (Lipinski definition) is 4. The number of nitrogens with one attached hydrogen (secondary N) is 1. The van der Waals surface area contributed by atoms with Gasteiger partial charge in [0.2, 0.25) is 0 Å². The van der Waals surface area contributed by atoms with E-state index in [0.717, 1.165) is 36.9 Å². The number of hydrogen-bond donors (Lipinski definition) is 1. The van der Waals surface area contributed by atoms with Crippen LogP contribution in [0.2, 0.25) is 0 Å². The average molecular weight is 390 g/mol. The van der Waals surface area contributed by atoms with E-state index >= 15 is 0 Å². The van der Waals surface area contributed by atoms with Crippen LogP contribution in [0.25, 0.3) is 0 Å². The quantitative estimate of drug-likeness (QED) is 0.606. The first-order valence-electron chi connectivity index (χ1n) is 8.08. The highest BCUT2D eigenvalue weighted by atomic mass is 79.9. The molecule has 2 aromatic carbocycles. The largest absolute Gasteiger partial charge is 0.377 e. The van der Waals surface area contributed by atoms with Crippen molar-refractivity contribution >= 4 is 27.3 Å². The molecule has 0 aliphatic carbocycles. The molecule has 1 aliphatic rings. The molecule has 1 N–H and O–H groups in total. The van der Waals surface area contributed by atoms with Crippen LogP contribution in [0.5, 0.6) is 0 Å². The molecule has 2 aromatic rings. The van der Waals surface area contributed by atoms with E-state index in [0.29, 0.717) is 5.69 Å². The lowest BCUT2D eigenvalue weighted by Gasteiger charge is -2.32. The third kappa shape index (κ3) is 4.33. The van der Waals surface area contributed by atoms with Crippen LogP contribution in [0.1, 0.15) is 18.4 Å². The Hall–Kier alpha value is -1.92. The second kappa shape index (κ2) is 7.77. The number of nitro benzene ring substituents is 1. The van der Waals surface area contributed by atoms with Crippen molar-refractivity contribution in [3.8, 4) is 0 Å². The summed E-state index contributed by atoms with van der Waals surface area (Å²) in [5.41, 5.74) is 2.05. The molecule has 24 heavy (non-hydrogen) atoms. The molecule has 0 unspecified atom stereocenters.